The van der Waals surface area contributed by atoms with Gasteiger partial charge in [0.15, 0.2) is 0 Å². The minimum atomic E-state index is -0.499. The predicted octanol–water partition coefficient (Wildman–Crippen LogP) is 4.08. The van der Waals surface area contributed by atoms with E-state index in [1.165, 1.54) is 30.4 Å². The van der Waals surface area contributed by atoms with E-state index in [-0.39, 0.29) is 0 Å². The summed E-state index contributed by atoms with van der Waals surface area (Å²) in [7, 11) is 0. The predicted molar refractivity (Wildman–Crippen MR) is 86.1 cm³/mol. The summed E-state index contributed by atoms with van der Waals surface area (Å²) < 4.78 is 0.992. The van der Waals surface area contributed by atoms with Crippen LogP contribution in [0.5, 0.6) is 0 Å². The van der Waals surface area contributed by atoms with Crippen LogP contribution in [0, 0.1) is 0 Å². The van der Waals surface area contributed by atoms with Crippen LogP contribution in [0.2, 0.25) is 0 Å². The molecular formula is C17H18BrNO. The first-order valence-corrected chi connectivity index (χ1v) is 7.81. The quantitative estimate of drug-likeness (QED) is 0.884. The highest BCUT2D eigenvalue weighted by Gasteiger charge is 2.12. The fourth-order valence-corrected chi connectivity index (χ4v) is 3.14. The lowest BCUT2D eigenvalue weighted by molar-refractivity contribution is 0.191. The van der Waals surface area contributed by atoms with Crippen molar-refractivity contribution in [1.29, 1.82) is 0 Å². The molecular weight excluding hydrogens is 314 g/mol. The number of aliphatic hydroxyl groups is 1. The Hall–Kier alpha value is -1.32. The lowest BCUT2D eigenvalue weighted by Gasteiger charge is -2.14. The van der Waals surface area contributed by atoms with Gasteiger partial charge in [-0.05, 0) is 60.2 Å². The van der Waals surface area contributed by atoms with Crippen molar-refractivity contribution in [3.63, 3.8) is 0 Å². The van der Waals surface area contributed by atoms with Crippen molar-refractivity contribution >= 4 is 21.6 Å². The largest absolute Gasteiger partial charge is 0.387 e. The topological polar surface area (TPSA) is 32.3 Å². The van der Waals surface area contributed by atoms with Crippen LogP contribution in [-0.2, 0) is 12.8 Å². The maximum atomic E-state index is 10.2. The molecule has 3 rings (SSSR count). The van der Waals surface area contributed by atoms with E-state index in [9.17, 15) is 5.11 Å². The van der Waals surface area contributed by atoms with E-state index >= 15 is 0 Å². The Kier molecular flexibility index (Phi) is 4.08. The van der Waals surface area contributed by atoms with Crippen LogP contribution < -0.4 is 5.32 Å². The van der Waals surface area contributed by atoms with E-state index in [2.05, 4.69) is 39.4 Å². The van der Waals surface area contributed by atoms with Crippen LogP contribution in [0.15, 0.2) is 46.9 Å². The molecule has 0 bridgehead atoms. The van der Waals surface area contributed by atoms with Crippen LogP contribution >= 0.6 is 15.9 Å². The average Bonchev–Trinajstić information content (AvgIpc) is 2.92. The average molecular weight is 332 g/mol. The van der Waals surface area contributed by atoms with Gasteiger partial charge in [-0.15, -0.1) is 0 Å². The summed E-state index contributed by atoms with van der Waals surface area (Å²) in [4.78, 5) is 0. The van der Waals surface area contributed by atoms with E-state index in [0.29, 0.717) is 6.54 Å². The summed E-state index contributed by atoms with van der Waals surface area (Å²) in [6.07, 6.45) is 3.15. The number of anilines is 1. The number of aliphatic hydroxyl groups excluding tert-OH is 1. The molecule has 0 heterocycles. The minimum absolute atomic E-state index is 0.499. The van der Waals surface area contributed by atoms with Gasteiger partial charge in [0.2, 0.25) is 0 Å². The van der Waals surface area contributed by atoms with Crippen LogP contribution in [-0.4, -0.2) is 11.7 Å². The van der Waals surface area contributed by atoms with Crippen molar-refractivity contribution in [2.45, 2.75) is 25.4 Å². The van der Waals surface area contributed by atoms with Crippen LogP contribution in [0.3, 0.4) is 0 Å². The highest BCUT2D eigenvalue weighted by molar-refractivity contribution is 9.10. The molecule has 0 spiro atoms. The highest BCUT2D eigenvalue weighted by Crippen LogP contribution is 2.25. The zero-order chi connectivity index (χ0) is 13.9. The molecule has 0 aliphatic heterocycles. The van der Waals surface area contributed by atoms with Crippen molar-refractivity contribution in [2.24, 2.45) is 0 Å². The summed E-state index contributed by atoms with van der Waals surface area (Å²) in [5, 5.41) is 13.5. The highest BCUT2D eigenvalue weighted by atomic mass is 79.9. The molecule has 0 saturated heterocycles. The van der Waals surface area contributed by atoms with E-state index in [4.69, 9.17) is 0 Å². The summed E-state index contributed by atoms with van der Waals surface area (Å²) in [6, 6.07) is 14.3. The van der Waals surface area contributed by atoms with Crippen molar-refractivity contribution in [3.8, 4) is 0 Å². The molecule has 2 N–H and O–H groups in total. The third-order valence-corrected chi connectivity index (χ3v) is 4.32. The first-order chi connectivity index (χ1) is 9.72. The molecule has 1 atom stereocenters. The molecule has 104 valence electrons. The zero-order valence-corrected chi connectivity index (χ0v) is 12.9. The summed E-state index contributed by atoms with van der Waals surface area (Å²) in [6.45, 7) is 0.523. The molecule has 2 aromatic rings. The second-order valence-electron chi connectivity index (χ2n) is 5.29. The van der Waals surface area contributed by atoms with Gasteiger partial charge in [0.25, 0.3) is 0 Å². The monoisotopic (exact) mass is 331 g/mol. The van der Waals surface area contributed by atoms with Gasteiger partial charge < -0.3 is 10.4 Å². The lowest BCUT2D eigenvalue weighted by atomic mass is 10.1. The molecule has 1 aliphatic rings. The number of nitrogens with one attached hydrogen (secondary N) is 1. The summed E-state index contributed by atoms with van der Waals surface area (Å²) in [5.74, 6) is 0. The van der Waals surface area contributed by atoms with Gasteiger partial charge in [-0.2, -0.15) is 0 Å². The van der Waals surface area contributed by atoms with Gasteiger partial charge in [-0.1, -0.05) is 34.1 Å². The number of aryl methyl sites for hydroxylation is 2. The Balaban J connectivity index is 1.64. The van der Waals surface area contributed by atoms with Gasteiger partial charge in [0, 0.05) is 16.7 Å². The SMILES string of the molecule is OC(CNc1ccc2c(c1)CCC2)c1cccc(Br)c1. The molecule has 2 nitrogen and oxygen atoms in total. The number of benzene rings is 2. The Labute approximate surface area is 128 Å². The second kappa shape index (κ2) is 5.98. The first kappa shape index (κ1) is 13.7. The summed E-state index contributed by atoms with van der Waals surface area (Å²) >= 11 is 3.43. The minimum Gasteiger partial charge on any atom is -0.387 e. The number of halogens is 1. The van der Waals surface area contributed by atoms with E-state index < -0.39 is 6.10 Å². The normalized spacial score (nSPS) is 14.9. The summed E-state index contributed by atoms with van der Waals surface area (Å²) in [5.41, 5.74) is 4.95. The van der Waals surface area contributed by atoms with E-state index in [1.54, 1.807) is 0 Å². The molecule has 0 fully saturated rings. The lowest BCUT2D eigenvalue weighted by Crippen LogP contribution is -2.12. The number of fused-ring (bicyclic) bond motifs is 1. The number of hydrogen-bond donors (Lipinski definition) is 2. The zero-order valence-electron chi connectivity index (χ0n) is 11.3. The Bertz CT molecular complexity index is 612. The molecule has 0 amide bonds. The first-order valence-electron chi connectivity index (χ1n) is 7.01. The molecule has 2 aromatic carbocycles. The third kappa shape index (κ3) is 3.05. The van der Waals surface area contributed by atoms with Crippen LogP contribution in [0.25, 0.3) is 0 Å². The van der Waals surface area contributed by atoms with Gasteiger partial charge in [0.05, 0.1) is 6.10 Å². The molecule has 3 heteroatoms. The maximum Gasteiger partial charge on any atom is 0.0962 e. The maximum absolute atomic E-state index is 10.2. The van der Waals surface area contributed by atoms with Gasteiger partial charge >= 0.3 is 0 Å². The Morgan fingerprint density at radius 1 is 1.10 bits per heavy atom. The molecule has 0 aromatic heterocycles. The smallest absolute Gasteiger partial charge is 0.0962 e. The van der Waals surface area contributed by atoms with Crippen molar-refractivity contribution in [3.05, 3.63) is 63.6 Å². The van der Waals surface area contributed by atoms with Crippen LogP contribution in [0.1, 0.15) is 29.2 Å². The Morgan fingerprint density at radius 2 is 1.95 bits per heavy atom. The molecule has 20 heavy (non-hydrogen) atoms. The van der Waals surface area contributed by atoms with Gasteiger partial charge in [-0.25, -0.2) is 0 Å². The number of rotatable bonds is 4. The third-order valence-electron chi connectivity index (χ3n) is 3.83. The van der Waals surface area contributed by atoms with Crippen LogP contribution in [0.4, 0.5) is 5.69 Å². The fraction of sp³-hybridized carbons (Fsp3) is 0.294. The fourth-order valence-electron chi connectivity index (χ4n) is 2.73. The molecule has 0 radical (unpaired) electrons. The molecule has 0 saturated carbocycles. The van der Waals surface area contributed by atoms with Crippen molar-refractivity contribution in [2.75, 3.05) is 11.9 Å². The molecule has 1 unspecified atom stereocenters. The van der Waals surface area contributed by atoms with Gasteiger partial charge in [-0.3, -0.25) is 0 Å². The number of hydrogen-bond acceptors (Lipinski definition) is 2. The van der Waals surface area contributed by atoms with E-state index in [0.717, 1.165) is 15.7 Å². The second-order valence-corrected chi connectivity index (χ2v) is 6.20. The van der Waals surface area contributed by atoms with Crippen molar-refractivity contribution in [1.82, 2.24) is 0 Å². The van der Waals surface area contributed by atoms with E-state index in [1.807, 2.05) is 24.3 Å². The van der Waals surface area contributed by atoms with Gasteiger partial charge in [0.1, 0.15) is 0 Å². The van der Waals surface area contributed by atoms with Crippen molar-refractivity contribution < 1.29 is 5.11 Å². The molecule has 1 aliphatic carbocycles. The standard InChI is InChI=1S/C17H18BrNO/c18-15-6-2-5-14(9-15)17(20)11-19-16-8-7-12-3-1-4-13(12)10-16/h2,5-10,17,19-20H,1,3-4,11H2. The Morgan fingerprint density at radius 3 is 2.80 bits per heavy atom.